The second kappa shape index (κ2) is 15.8. The lowest BCUT2D eigenvalue weighted by molar-refractivity contribution is -0.145. The minimum absolute atomic E-state index is 0.170. The summed E-state index contributed by atoms with van der Waals surface area (Å²) in [4.78, 5) is 24.5. The Bertz CT molecular complexity index is 1440. The Hall–Kier alpha value is -3.72. The van der Waals surface area contributed by atoms with Crippen LogP contribution >= 0.6 is 7.44 Å². The van der Waals surface area contributed by atoms with Crippen molar-refractivity contribution in [3.63, 3.8) is 0 Å². The van der Waals surface area contributed by atoms with Gasteiger partial charge >= 0.3 is 11.9 Å². The van der Waals surface area contributed by atoms with Crippen LogP contribution in [0.2, 0.25) is 0 Å². The number of aryl methyl sites for hydroxylation is 2. The van der Waals surface area contributed by atoms with Crippen LogP contribution in [0.3, 0.4) is 0 Å². The van der Waals surface area contributed by atoms with Crippen LogP contribution in [0.4, 0.5) is 4.39 Å². The quantitative estimate of drug-likeness (QED) is 0.139. The highest BCUT2D eigenvalue weighted by Gasteiger charge is 2.32. The fraction of sp³-hybridized carbons (Fsp3) is 0.394. The Balaban J connectivity index is 1.77. The molecule has 0 spiro atoms. The zero-order valence-electron chi connectivity index (χ0n) is 26.1. The Labute approximate surface area is 258 Å². The molecule has 0 aromatic heterocycles. The molecule has 3 rings (SSSR count). The SMILES string of the molecule is CCOC(=O)[C@H](C)NP(=O)(COc1cc(C)c(Cc2ccc(O)c(Cc3ccc(F)cc3)c2)c(C)c1)N[C@H](C)C(=O)OCC. The van der Waals surface area contributed by atoms with Crippen molar-refractivity contribution in [1.29, 1.82) is 0 Å². The van der Waals surface area contributed by atoms with Gasteiger partial charge in [0.2, 0.25) is 7.44 Å². The van der Waals surface area contributed by atoms with Gasteiger partial charge in [-0.1, -0.05) is 24.3 Å². The predicted molar refractivity (Wildman–Crippen MR) is 168 cm³/mol. The lowest BCUT2D eigenvalue weighted by Crippen LogP contribution is -2.43. The molecular formula is C33H42FN2O7P. The Kier molecular flexibility index (Phi) is 12.5. The Morgan fingerprint density at radius 1 is 0.841 bits per heavy atom. The first-order valence-electron chi connectivity index (χ1n) is 14.6. The normalized spacial score (nSPS) is 13.9. The average molecular weight is 629 g/mol. The number of ether oxygens (including phenoxy) is 3. The molecule has 0 saturated carbocycles. The van der Waals surface area contributed by atoms with Crippen LogP contribution in [-0.2, 0) is 36.5 Å². The number of phenolic OH excluding ortho intramolecular Hbond substituents is 1. The van der Waals surface area contributed by atoms with Crippen molar-refractivity contribution in [2.24, 2.45) is 0 Å². The van der Waals surface area contributed by atoms with Crippen molar-refractivity contribution in [3.8, 4) is 11.5 Å². The average Bonchev–Trinajstić information content (AvgIpc) is 2.97. The van der Waals surface area contributed by atoms with E-state index in [-0.39, 0.29) is 31.1 Å². The van der Waals surface area contributed by atoms with Crippen molar-refractivity contribution < 1.29 is 37.9 Å². The molecule has 0 bridgehead atoms. The van der Waals surface area contributed by atoms with E-state index in [1.165, 1.54) is 26.0 Å². The Morgan fingerprint density at radius 2 is 1.36 bits per heavy atom. The maximum absolute atomic E-state index is 13.9. The molecule has 1 unspecified atom stereocenters. The number of halogens is 1. The van der Waals surface area contributed by atoms with Gasteiger partial charge in [-0.05, 0) is 112 Å². The third-order valence-electron chi connectivity index (χ3n) is 7.00. The third kappa shape index (κ3) is 9.91. The summed E-state index contributed by atoms with van der Waals surface area (Å²) >= 11 is 0. The fourth-order valence-electron chi connectivity index (χ4n) is 4.78. The highest BCUT2D eigenvalue weighted by Crippen LogP contribution is 2.39. The van der Waals surface area contributed by atoms with Crippen LogP contribution in [0.1, 0.15) is 61.1 Å². The molecule has 0 amide bonds. The van der Waals surface area contributed by atoms with Crippen molar-refractivity contribution in [2.45, 2.75) is 66.5 Å². The summed E-state index contributed by atoms with van der Waals surface area (Å²) in [7, 11) is -3.66. The maximum atomic E-state index is 13.9. The van der Waals surface area contributed by atoms with Crippen molar-refractivity contribution in [3.05, 3.63) is 93.8 Å². The van der Waals surface area contributed by atoms with E-state index in [1.54, 1.807) is 32.0 Å². The number of rotatable bonds is 15. The molecular weight excluding hydrogens is 586 g/mol. The van der Waals surface area contributed by atoms with Gasteiger partial charge in [-0.15, -0.1) is 0 Å². The van der Waals surface area contributed by atoms with E-state index in [9.17, 15) is 23.7 Å². The Morgan fingerprint density at radius 3 is 1.89 bits per heavy atom. The number of hydrogen-bond donors (Lipinski definition) is 3. The molecule has 0 saturated heterocycles. The molecule has 0 aliphatic rings. The molecule has 44 heavy (non-hydrogen) atoms. The standard InChI is InChI=1S/C33H42FN2O7P/c1-7-41-32(38)23(5)35-44(40,36-24(6)33(39)42-8-2)20-43-29-15-21(3)30(22(4)16-29)19-26-11-14-31(37)27(18-26)17-25-9-12-28(34)13-10-25/h9-16,18,23-24,37H,7-8,17,19-20H2,1-6H3,(H2,35,36,40)/t23-,24+,44?. The van der Waals surface area contributed by atoms with E-state index in [4.69, 9.17) is 14.2 Å². The second-order valence-corrected chi connectivity index (χ2v) is 13.0. The molecule has 9 nitrogen and oxygen atoms in total. The molecule has 0 radical (unpaired) electrons. The summed E-state index contributed by atoms with van der Waals surface area (Å²) in [5, 5.41) is 16.0. The summed E-state index contributed by atoms with van der Waals surface area (Å²) in [5.74, 6) is -0.814. The van der Waals surface area contributed by atoms with Crippen LogP contribution < -0.4 is 14.9 Å². The van der Waals surface area contributed by atoms with Gasteiger partial charge in [0.05, 0.1) is 13.2 Å². The molecule has 3 aromatic carbocycles. The fourth-order valence-corrected chi connectivity index (χ4v) is 6.79. The van der Waals surface area contributed by atoms with Crippen LogP contribution in [0, 0.1) is 19.7 Å². The molecule has 11 heteroatoms. The highest BCUT2D eigenvalue weighted by molar-refractivity contribution is 7.59. The molecule has 0 aliphatic heterocycles. The van der Waals surface area contributed by atoms with Crippen LogP contribution in [-0.4, -0.2) is 48.7 Å². The van der Waals surface area contributed by atoms with E-state index in [0.717, 1.165) is 33.4 Å². The van der Waals surface area contributed by atoms with Crippen molar-refractivity contribution >= 4 is 19.4 Å². The molecule has 0 fully saturated rings. The summed E-state index contributed by atoms with van der Waals surface area (Å²) in [5.41, 5.74) is 5.60. The smallest absolute Gasteiger partial charge is 0.323 e. The molecule has 0 heterocycles. The second-order valence-electron chi connectivity index (χ2n) is 10.7. The number of benzene rings is 3. The molecule has 3 aromatic rings. The minimum atomic E-state index is -3.66. The van der Waals surface area contributed by atoms with E-state index in [0.29, 0.717) is 18.6 Å². The number of hydrogen-bond acceptors (Lipinski definition) is 7. The first-order valence-corrected chi connectivity index (χ1v) is 16.5. The zero-order valence-corrected chi connectivity index (χ0v) is 27.0. The molecule has 3 N–H and O–H groups in total. The number of carbonyl (C=O) groups excluding carboxylic acids is 2. The number of phenols is 1. The minimum Gasteiger partial charge on any atom is -0.508 e. The summed E-state index contributed by atoms with van der Waals surface area (Å²) in [6, 6.07) is 13.5. The summed E-state index contributed by atoms with van der Waals surface area (Å²) in [6.45, 7) is 10.7. The topological polar surface area (TPSA) is 123 Å². The van der Waals surface area contributed by atoms with Gasteiger partial charge in [0, 0.05) is 6.42 Å². The van der Waals surface area contributed by atoms with E-state index in [2.05, 4.69) is 10.2 Å². The number of carbonyl (C=O) groups is 2. The van der Waals surface area contributed by atoms with Crippen LogP contribution in [0.15, 0.2) is 54.6 Å². The largest absolute Gasteiger partial charge is 0.508 e. The lowest BCUT2D eigenvalue weighted by Gasteiger charge is -2.26. The monoisotopic (exact) mass is 628 g/mol. The van der Waals surface area contributed by atoms with Crippen molar-refractivity contribution in [2.75, 3.05) is 19.6 Å². The summed E-state index contributed by atoms with van der Waals surface area (Å²) < 4.78 is 43.3. The predicted octanol–water partition coefficient (Wildman–Crippen LogP) is 5.94. The van der Waals surface area contributed by atoms with Gasteiger partial charge < -0.3 is 19.3 Å². The van der Waals surface area contributed by atoms with Gasteiger partial charge in [-0.3, -0.25) is 14.2 Å². The number of aromatic hydroxyl groups is 1. The number of esters is 2. The maximum Gasteiger partial charge on any atom is 0.323 e. The van der Waals surface area contributed by atoms with Gasteiger partial charge in [0.1, 0.15) is 29.4 Å². The lowest BCUT2D eigenvalue weighted by atomic mass is 9.93. The molecule has 238 valence electrons. The highest BCUT2D eigenvalue weighted by atomic mass is 31.2. The number of nitrogens with one attached hydrogen (secondary N) is 2. The van der Waals surface area contributed by atoms with Gasteiger partial charge in [0.15, 0.2) is 6.35 Å². The van der Waals surface area contributed by atoms with E-state index < -0.39 is 31.5 Å². The van der Waals surface area contributed by atoms with Gasteiger partial charge in [-0.25, -0.2) is 14.6 Å². The molecule has 0 aliphatic carbocycles. The van der Waals surface area contributed by atoms with Gasteiger partial charge in [0.25, 0.3) is 0 Å². The zero-order chi connectivity index (χ0) is 32.4. The third-order valence-corrected chi connectivity index (χ3v) is 9.10. The van der Waals surface area contributed by atoms with E-state index >= 15 is 0 Å². The summed E-state index contributed by atoms with van der Waals surface area (Å²) in [6.07, 6.45) is 0.726. The van der Waals surface area contributed by atoms with E-state index in [1.807, 2.05) is 38.1 Å². The van der Waals surface area contributed by atoms with Crippen LogP contribution in [0.25, 0.3) is 0 Å². The first-order chi connectivity index (χ1) is 20.8. The van der Waals surface area contributed by atoms with Gasteiger partial charge in [-0.2, -0.15) is 0 Å². The first kappa shape index (κ1) is 34.8. The molecule has 3 atom stereocenters. The van der Waals surface area contributed by atoms with Crippen molar-refractivity contribution in [1.82, 2.24) is 10.2 Å². The van der Waals surface area contributed by atoms with Crippen LogP contribution in [0.5, 0.6) is 11.5 Å².